The molecule has 7 heteroatoms. The van der Waals surface area contributed by atoms with Crippen molar-refractivity contribution in [1.29, 1.82) is 0 Å². The van der Waals surface area contributed by atoms with E-state index in [4.69, 9.17) is 19.3 Å². The number of ether oxygens (including phenoxy) is 3. The van der Waals surface area contributed by atoms with Crippen molar-refractivity contribution in [3.05, 3.63) is 59.7 Å². The number of phenolic OH excluding ortho intramolecular Hbond substituents is 1. The Balaban J connectivity index is 1.52. The van der Waals surface area contributed by atoms with Gasteiger partial charge in [-0.2, -0.15) is 0 Å². The van der Waals surface area contributed by atoms with Crippen molar-refractivity contribution in [3.8, 4) is 23.0 Å². The van der Waals surface area contributed by atoms with Crippen molar-refractivity contribution in [2.24, 2.45) is 0 Å². The number of Topliss-reactive ketones (excluding diaryl/α,β-unsaturated/α-hetero) is 1. The van der Waals surface area contributed by atoms with Crippen molar-refractivity contribution in [3.63, 3.8) is 0 Å². The van der Waals surface area contributed by atoms with Gasteiger partial charge in [-0.1, -0.05) is 25.5 Å². The highest BCUT2D eigenvalue weighted by atomic mass is 16.5. The van der Waals surface area contributed by atoms with Gasteiger partial charge < -0.3 is 24.4 Å². The van der Waals surface area contributed by atoms with E-state index < -0.39 is 5.97 Å². The summed E-state index contributed by atoms with van der Waals surface area (Å²) in [6.45, 7) is 4.67. The average molecular weight is 481 g/mol. The molecule has 35 heavy (non-hydrogen) atoms. The first kappa shape index (κ1) is 25.9. The fraction of sp³-hybridized carbons (Fsp3) is 0.357. The van der Waals surface area contributed by atoms with Crippen LogP contribution in [-0.2, 0) is 11.2 Å². The highest BCUT2D eigenvalue weighted by Crippen LogP contribution is 2.33. The Hall–Kier alpha value is -3.74. The molecule has 7 nitrogen and oxygen atoms in total. The maximum atomic E-state index is 11.7. The van der Waals surface area contributed by atoms with Crippen LogP contribution in [0.2, 0.25) is 0 Å². The van der Waals surface area contributed by atoms with E-state index in [9.17, 15) is 14.7 Å². The molecule has 0 aliphatic carbocycles. The number of aromatic hydroxyl groups is 1. The molecule has 0 saturated carbocycles. The van der Waals surface area contributed by atoms with Gasteiger partial charge in [-0.3, -0.25) is 9.59 Å². The third-order valence-corrected chi connectivity index (χ3v) is 5.52. The SMILES string of the molecule is CCCc1c(OCCCOc2ccc3ccc(OCCCC(=O)O)cc3c2)ccc(C(C)=O)c1O. The van der Waals surface area contributed by atoms with Gasteiger partial charge in [-0.25, -0.2) is 0 Å². The Bertz CT molecular complexity index is 1170. The summed E-state index contributed by atoms with van der Waals surface area (Å²) in [4.78, 5) is 22.3. The zero-order valence-electron chi connectivity index (χ0n) is 20.2. The van der Waals surface area contributed by atoms with Crippen LogP contribution in [0.15, 0.2) is 48.5 Å². The molecule has 3 rings (SSSR count). The smallest absolute Gasteiger partial charge is 0.303 e. The van der Waals surface area contributed by atoms with E-state index in [-0.39, 0.29) is 18.0 Å². The van der Waals surface area contributed by atoms with E-state index in [2.05, 4.69) is 0 Å². The number of rotatable bonds is 14. The fourth-order valence-electron chi connectivity index (χ4n) is 3.76. The molecule has 0 fully saturated rings. The van der Waals surface area contributed by atoms with Gasteiger partial charge in [0.1, 0.15) is 23.0 Å². The van der Waals surface area contributed by atoms with Gasteiger partial charge >= 0.3 is 5.97 Å². The molecule has 0 aliphatic rings. The molecule has 0 aliphatic heterocycles. The average Bonchev–Trinajstić information content (AvgIpc) is 2.83. The predicted octanol–water partition coefficient (Wildman–Crippen LogP) is 5.79. The highest BCUT2D eigenvalue weighted by molar-refractivity contribution is 5.97. The zero-order valence-corrected chi connectivity index (χ0v) is 20.2. The van der Waals surface area contributed by atoms with Crippen molar-refractivity contribution in [2.45, 2.75) is 46.0 Å². The van der Waals surface area contributed by atoms with Gasteiger partial charge in [-0.05, 0) is 66.9 Å². The van der Waals surface area contributed by atoms with Crippen molar-refractivity contribution >= 4 is 22.5 Å². The predicted molar refractivity (Wildman–Crippen MR) is 134 cm³/mol. The number of carbonyl (C=O) groups excluding carboxylic acids is 1. The summed E-state index contributed by atoms with van der Waals surface area (Å²) in [5, 5.41) is 21.2. The normalized spacial score (nSPS) is 10.8. The lowest BCUT2D eigenvalue weighted by Gasteiger charge is -2.15. The van der Waals surface area contributed by atoms with E-state index in [1.165, 1.54) is 6.92 Å². The number of fused-ring (bicyclic) bond motifs is 1. The van der Waals surface area contributed by atoms with E-state index in [1.54, 1.807) is 12.1 Å². The van der Waals surface area contributed by atoms with Gasteiger partial charge in [0.15, 0.2) is 5.78 Å². The maximum Gasteiger partial charge on any atom is 0.303 e. The van der Waals surface area contributed by atoms with E-state index >= 15 is 0 Å². The number of aliphatic carboxylic acids is 1. The minimum atomic E-state index is -0.829. The molecule has 0 aromatic heterocycles. The van der Waals surface area contributed by atoms with Crippen LogP contribution in [0.3, 0.4) is 0 Å². The lowest BCUT2D eigenvalue weighted by molar-refractivity contribution is -0.137. The molecule has 3 aromatic carbocycles. The molecule has 0 atom stereocenters. The standard InChI is InChI=1S/C28H32O7/c1-3-6-25-26(13-12-24(19(2)29)28(25)32)35-16-5-15-34-23-11-9-20-8-10-22(17-21(20)18-23)33-14-4-7-27(30)31/h8-13,17-18,32H,3-7,14-16H2,1-2H3,(H,30,31). The van der Waals surface area contributed by atoms with Gasteiger partial charge in [0.25, 0.3) is 0 Å². The third kappa shape index (κ3) is 7.37. The van der Waals surface area contributed by atoms with Crippen LogP contribution in [0.4, 0.5) is 0 Å². The number of carboxylic acid groups (broad SMARTS) is 1. The Labute approximate surface area is 205 Å². The molecular formula is C28H32O7. The largest absolute Gasteiger partial charge is 0.507 e. The Kier molecular flexibility index (Phi) is 9.35. The van der Waals surface area contributed by atoms with Crippen LogP contribution in [0.25, 0.3) is 10.8 Å². The summed E-state index contributed by atoms with van der Waals surface area (Å²) in [7, 11) is 0. The van der Waals surface area contributed by atoms with Gasteiger partial charge in [-0.15, -0.1) is 0 Å². The highest BCUT2D eigenvalue weighted by Gasteiger charge is 2.15. The molecule has 3 aromatic rings. The van der Waals surface area contributed by atoms with Crippen LogP contribution in [0.5, 0.6) is 23.0 Å². The Morgan fingerprint density at radius 3 is 2.06 bits per heavy atom. The summed E-state index contributed by atoms with van der Waals surface area (Å²) < 4.78 is 17.4. The quantitative estimate of drug-likeness (QED) is 0.222. The fourth-order valence-corrected chi connectivity index (χ4v) is 3.76. The number of carboxylic acids is 1. The summed E-state index contributed by atoms with van der Waals surface area (Å²) in [5.41, 5.74) is 0.978. The van der Waals surface area contributed by atoms with Crippen molar-refractivity contribution in [2.75, 3.05) is 19.8 Å². The van der Waals surface area contributed by atoms with Crippen LogP contribution >= 0.6 is 0 Å². The first-order valence-corrected chi connectivity index (χ1v) is 11.9. The molecule has 0 spiro atoms. The second-order valence-corrected chi connectivity index (χ2v) is 8.31. The van der Waals surface area contributed by atoms with E-state index in [0.29, 0.717) is 61.7 Å². The van der Waals surface area contributed by atoms with Gasteiger partial charge in [0.2, 0.25) is 0 Å². The molecular weight excluding hydrogens is 448 g/mol. The molecule has 0 bridgehead atoms. The minimum absolute atomic E-state index is 0.00879. The van der Waals surface area contributed by atoms with Crippen LogP contribution in [0.1, 0.15) is 55.5 Å². The van der Waals surface area contributed by atoms with Crippen LogP contribution in [-0.4, -0.2) is 41.8 Å². The summed E-state index contributed by atoms with van der Waals surface area (Å²) >= 11 is 0. The lowest BCUT2D eigenvalue weighted by atomic mass is 10.0. The number of carbonyl (C=O) groups is 2. The molecule has 0 unspecified atom stereocenters. The van der Waals surface area contributed by atoms with Crippen molar-refractivity contribution < 1.29 is 34.0 Å². The summed E-state index contributed by atoms with van der Waals surface area (Å²) in [5.74, 6) is 1.02. The number of hydrogen-bond acceptors (Lipinski definition) is 6. The van der Waals surface area contributed by atoms with E-state index in [1.807, 2.05) is 43.3 Å². The van der Waals surface area contributed by atoms with Gasteiger partial charge in [0, 0.05) is 18.4 Å². The number of phenols is 1. The Morgan fingerprint density at radius 2 is 1.46 bits per heavy atom. The maximum absolute atomic E-state index is 11.7. The molecule has 0 amide bonds. The molecule has 0 heterocycles. The first-order chi connectivity index (χ1) is 16.9. The minimum Gasteiger partial charge on any atom is -0.507 e. The number of ketones is 1. The third-order valence-electron chi connectivity index (χ3n) is 5.52. The van der Waals surface area contributed by atoms with Crippen molar-refractivity contribution in [1.82, 2.24) is 0 Å². The second-order valence-electron chi connectivity index (χ2n) is 8.31. The summed E-state index contributed by atoms with van der Waals surface area (Å²) in [6, 6.07) is 14.9. The zero-order chi connectivity index (χ0) is 25.2. The molecule has 2 N–H and O–H groups in total. The number of hydrogen-bond donors (Lipinski definition) is 2. The van der Waals surface area contributed by atoms with Crippen LogP contribution in [0, 0.1) is 0 Å². The lowest BCUT2D eigenvalue weighted by Crippen LogP contribution is -2.07. The topological polar surface area (TPSA) is 102 Å². The second kappa shape index (κ2) is 12.6. The molecule has 186 valence electrons. The summed E-state index contributed by atoms with van der Waals surface area (Å²) in [6.07, 6.45) is 2.64. The Morgan fingerprint density at radius 1 is 0.829 bits per heavy atom. The molecule has 0 radical (unpaired) electrons. The first-order valence-electron chi connectivity index (χ1n) is 11.9. The van der Waals surface area contributed by atoms with Crippen LogP contribution < -0.4 is 14.2 Å². The monoisotopic (exact) mass is 480 g/mol. The van der Waals surface area contributed by atoms with Gasteiger partial charge in [0.05, 0.1) is 25.4 Å². The van der Waals surface area contributed by atoms with E-state index in [0.717, 1.165) is 22.9 Å². The number of benzene rings is 3. The molecule has 0 saturated heterocycles.